The third-order valence-electron chi connectivity index (χ3n) is 2.12. The van der Waals surface area contributed by atoms with E-state index in [0.717, 1.165) is 5.52 Å². The average molecular weight is 277 g/mol. The zero-order valence-electron chi connectivity index (χ0n) is 11.6. The molecule has 5 heteroatoms. The van der Waals surface area contributed by atoms with Crippen LogP contribution in [0.1, 0.15) is 26.7 Å². The second kappa shape index (κ2) is 10.5. The van der Waals surface area contributed by atoms with Crippen LogP contribution in [0.2, 0.25) is 0 Å². The minimum atomic E-state index is -0.745. The monoisotopic (exact) mass is 277 g/mol. The highest BCUT2D eigenvalue weighted by Gasteiger charge is 1.86. The lowest BCUT2D eigenvalue weighted by atomic mass is 10.2. The first-order chi connectivity index (χ1) is 9.51. The molecule has 0 saturated carbocycles. The summed E-state index contributed by atoms with van der Waals surface area (Å²) in [5, 5.41) is 16.6. The maximum atomic E-state index is 9.37. The Morgan fingerprint density at radius 2 is 1.40 bits per heavy atom. The van der Waals surface area contributed by atoms with Crippen LogP contribution < -0.4 is 0 Å². The number of hydrogen-bond acceptors (Lipinski definition) is 3. The Labute approximate surface area is 117 Å². The normalized spacial score (nSPS) is 8.70. The van der Waals surface area contributed by atoms with Crippen LogP contribution in [-0.4, -0.2) is 27.1 Å². The van der Waals surface area contributed by atoms with E-state index < -0.39 is 11.9 Å². The minimum absolute atomic E-state index is 0.222. The highest BCUT2D eigenvalue weighted by atomic mass is 16.4. The van der Waals surface area contributed by atoms with E-state index in [1.165, 1.54) is 5.39 Å². The van der Waals surface area contributed by atoms with Gasteiger partial charge in [0.05, 0.1) is 5.52 Å². The number of para-hydroxylation sites is 1. The quantitative estimate of drug-likeness (QED) is 0.880. The summed E-state index contributed by atoms with van der Waals surface area (Å²) in [5.41, 5.74) is 1.06. The molecule has 5 nitrogen and oxygen atoms in total. The van der Waals surface area contributed by atoms with Gasteiger partial charge in [-0.3, -0.25) is 14.6 Å². The maximum absolute atomic E-state index is 9.37. The van der Waals surface area contributed by atoms with Gasteiger partial charge in [0.1, 0.15) is 0 Å². The summed E-state index contributed by atoms with van der Waals surface area (Å²) >= 11 is 0. The fourth-order valence-electron chi connectivity index (χ4n) is 1.02. The Morgan fingerprint density at radius 1 is 0.950 bits per heavy atom. The number of fused-ring (bicyclic) bond motifs is 1. The van der Waals surface area contributed by atoms with Gasteiger partial charge in [-0.2, -0.15) is 0 Å². The van der Waals surface area contributed by atoms with Crippen LogP contribution in [0.4, 0.5) is 0 Å². The van der Waals surface area contributed by atoms with Gasteiger partial charge in [-0.15, -0.1) is 0 Å². The van der Waals surface area contributed by atoms with Crippen molar-refractivity contribution in [1.29, 1.82) is 0 Å². The molecule has 1 aromatic carbocycles. The van der Waals surface area contributed by atoms with Crippen LogP contribution in [0, 0.1) is 0 Å². The number of nitrogens with zero attached hydrogens (tertiary/aromatic N) is 1. The highest BCUT2D eigenvalue weighted by molar-refractivity contribution is 5.77. The molecule has 0 aliphatic heterocycles. The standard InChI is InChI=1S/C9H7N.2C3H6O2/c1-2-6-9-8(4-1)5-3-7-10-9;2*1-2-3(4)5/h1-7H;2*2H2,1H3,(H,4,5). The molecule has 1 heterocycles. The zero-order chi connectivity index (χ0) is 15.4. The molecule has 0 aliphatic rings. The molecule has 0 radical (unpaired) electrons. The molecular formula is C15H19NO4. The second-order valence-electron chi connectivity index (χ2n) is 3.69. The summed E-state index contributed by atoms with van der Waals surface area (Å²) in [6.07, 6.45) is 2.25. The summed E-state index contributed by atoms with van der Waals surface area (Å²) < 4.78 is 0. The van der Waals surface area contributed by atoms with Crippen LogP contribution >= 0.6 is 0 Å². The minimum Gasteiger partial charge on any atom is -0.481 e. The van der Waals surface area contributed by atoms with Gasteiger partial charge in [0.2, 0.25) is 0 Å². The zero-order valence-corrected chi connectivity index (χ0v) is 11.6. The molecule has 0 atom stereocenters. The van der Waals surface area contributed by atoms with E-state index in [2.05, 4.69) is 17.1 Å². The lowest BCUT2D eigenvalue weighted by molar-refractivity contribution is -0.137. The van der Waals surface area contributed by atoms with E-state index in [1.807, 2.05) is 30.5 Å². The fourth-order valence-corrected chi connectivity index (χ4v) is 1.02. The summed E-state index contributed by atoms with van der Waals surface area (Å²) in [6.45, 7) is 3.20. The van der Waals surface area contributed by atoms with Crippen molar-refractivity contribution in [2.75, 3.05) is 0 Å². The molecule has 2 N–H and O–H groups in total. The summed E-state index contributed by atoms with van der Waals surface area (Å²) in [7, 11) is 0. The van der Waals surface area contributed by atoms with Crippen LogP contribution in [-0.2, 0) is 9.59 Å². The van der Waals surface area contributed by atoms with Gasteiger partial charge in [0, 0.05) is 24.4 Å². The van der Waals surface area contributed by atoms with Crippen molar-refractivity contribution >= 4 is 22.8 Å². The first kappa shape index (κ1) is 17.6. The Bertz CT molecular complexity index is 461. The van der Waals surface area contributed by atoms with E-state index in [-0.39, 0.29) is 12.8 Å². The summed E-state index contributed by atoms with van der Waals surface area (Å²) in [5.74, 6) is -1.49. The molecule has 2 rings (SSSR count). The van der Waals surface area contributed by atoms with Gasteiger partial charge >= 0.3 is 11.9 Å². The lowest BCUT2D eigenvalue weighted by Crippen LogP contribution is -1.86. The van der Waals surface area contributed by atoms with Crippen molar-refractivity contribution in [2.45, 2.75) is 26.7 Å². The van der Waals surface area contributed by atoms with E-state index in [9.17, 15) is 9.59 Å². The molecule has 108 valence electrons. The average Bonchev–Trinajstić information content (AvgIpc) is 2.48. The molecule has 2 aromatic rings. The van der Waals surface area contributed by atoms with Crippen molar-refractivity contribution in [3.8, 4) is 0 Å². The molecule has 0 unspecified atom stereocenters. The smallest absolute Gasteiger partial charge is 0.303 e. The van der Waals surface area contributed by atoms with Gasteiger partial charge in [0.25, 0.3) is 0 Å². The molecular weight excluding hydrogens is 258 g/mol. The van der Waals surface area contributed by atoms with Crippen LogP contribution in [0.5, 0.6) is 0 Å². The Balaban J connectivity index is 0.000000310. The fraction of sp³-hybridized carbons (Fsp3) is 0.267. The number of aromatic nitrogens is 1. The summed E-state index contributed by atoms with van der Waals surface area (Å²) in [6, 6.07) is 12.1. The molecule has 20 heavy (non-hydrogen) atoms. The van der Waals surface area contributed by atoms with Crippen molar-refractivity contribution < 1.29 is 19.8 Å². The predicted octanol–water partition coefficient (Wildman–Crippen LogP) is 3.20. The Kier molecular flexibility index (Phi) is 9.21. The number of aliphatic carboxylic acids is 2. The molecule has 0 fully saturated rings. The van der Waals surface area contributed by atoms with Gasteiger partial charge in [0.15, 0.2) is 0 Å². The molecule has 0 aliphatic carbocycles. The first-order valence-corrected chi connectivity index (χ1v) is 6.24. The topological polar surface area (TPSA) is 87.5 Å². The first-order valence-electron chi connectivity index (χ1n) is 6.24. The third kappa shape index (κ3) is 8.63. The van der Waals surface area contributed by atoms with E-state index in [4.69, 9.17) is 10.2 Å². The number of carbonyl (C=O) groups is 2. The maximum Gasteiger partial charge on any atom is 0.303 e. The number of rotatable bonds is 2. The van der Waals surface area contributed by atoms with Crippen molar-refractivity contribution in [3.05, 3.63) is 42.6 Å². The largest absolute Gasteiger partial charge is 0.481 e. The number of pyridine rings is 1. The van der Waals surface area contributed by atoms with Gasteiger partial charge in [-0.1, -0.05) is 38.1 Å². The van der Waals surface area contributed by atoms with Crippen molar-refractivity contribution in [3.63, 3.8) is 0 Å². The molecule has 0 amide bonds. The Hall–Kier alpha value is -2.43. The SMILES string of the molecule is CCC(=O)O.CCC(=O)O.c1ccc2ncccc2c1. The molecule has 1 aromatic heterocycles. The van der Waals surface area contributed by atoms with Crippen molar-refractivity contribution in [2.24, 2.45) is 0 Å². The number of carboxylic acids is 2. The lowest BCUT2D eigenvalue weighted by Gasteiger charge is -1.91. The van der Waals surface area contributed by atoms with Crippen LogP contribution in [0.3, 0.4) is 0 Å². The second-order valence-corrected chi connectivity index (χ2v) is 3.69. The highest BCUT2D eigenvalue weighted by Crippen LogP contribution is 2.07. The van der Waals surface area contributed by atoms with Gasteiger partial charge in [-0.25, -0.2) is 0 Å². The molecule has 0 spiro atoms. The number of hydrogen-bond donors (Lipinski definition) is 2. The Morgan fingerprint density at radius 3 is 1.85 bits per heavy atom. The predicted molar refractivity (Wildman–Crippen MR) is 77.6 cm³/mol. The van der Waals surface area contributed by atoms with Crippen LogP contribution in [0.25, 0.3) is 10.9 Å². The van der Waals surface area contributed by atoms with Gasteiger partial charge in [-0.05, 0) is 12.1 Å². The van der Waals surface area contributed by atoms with E-state index in [1.54, 1.807) is 13.8 Å². The third-order valence-corrected chi connectivity index (χ3v) is 2.12. The van der Waals surface area contributed by atoms with Crippen LogP contribution in [0.15, 0.2) is 42.6 Å². The number of benzene rings is 1. The summed E-state index contributed by atoms with van der Waals surface area (Å²) in [4.78, 5) is 22.9. The van der Waals surface area contributed by atoms with Crippen molar-refractivity contribution in [1.82, 2.24) is 4.98 Å². The van der Waals surface area contributed by atoms with E-state index >= 15 is 0 Å². The number of carboxylic acid groups (broad SMARTS) is 2. The van der Waals surface area contributed by atoms with E-state index in [0.29, 0.717) is 0 Å². The molecule has 0 bridgehead atoms. The van der Waals surface area contributed by atoms with Gasteiger partial charge < -0.3 is 10.2 Å². The molecule has 0 saturated heterocycles.